The van der Waals surface area contributed by atoms with Gasteiger partial charge < -0.3 is 5.32 Å². The third kappa shape index (κ3) is 5.43. The zero-order chi connectivity index (χ0) is 15.1. The Kier molecular flexibility index (Phi) is 7.57. The second-order valence-electron chi connectivity index (χ2n) is 5.89. The first-order valence-electron chi connectivity index (χ1n) is 7.70. The predicted molar refractivity (Wildman–Crippen MR) is 89.5 cm³/mol. The third-order valence-electron chi connectivity index (χ3n) is 3.77. The maximum Gasteiger partial charge on any atom is 0.0406 e. The molecule has 1 unspecified atom stereocenters. The van der Waals surface area contributed by atoms with Crippen LogP contribution in [0.5, 0.6) is 0 Å². The van der Waals surface area contributed by atoms with Crippen molar-refractivity contribution in [3.8, 4) is 0 Å². The van der Waals surface area contributed by atoms with Crippen molar-refractivity contribution in [2.24, 2.45) is 0 Å². The van der Waals surface area contributed by atoms with Crippen molar-refractivity contribution in [3.05, 3.63) is 34.9 Å². The van der Waals surface area contributed by atoms with E-state index in [-0.39, 0.29) is 0 Å². The van der Waals surface area contributed by atoms with E-state index < -0.39 is 0 Å². The minimum Gasteiger partial charge on any atom is -0.309 e. The molecule has 1 aromatic carbocycles. The van der Waals surface area contributed by atoms with Gasteiger partial charge in [-0.2, -0.15) is 0 Å². The fourth-order valence-corrected chi connectivity index (χ4v) is 2.80. The van der Waals surface area contributed by atoms with Crippen LogP contribution in [0.25, 0.3) is 0 Å². The van der Waals surface area contributed by atoms with Gasteiger partial charge in [0, 0.05) is 36.2 Å². The first-order valence-corrected chi connectivity index (χ1v) is 8.08. The van der Waals surface area contributed by atoms with Crippen molar-refractivity contribution in [1.29, 1.82) is 0 Å². The van der Waals surface area contributed by atoms with Crippen LogP contribution in [0.1, 0.15) is 52.6 Å². The van der Waals surface area contributed by atoms with E-state index in [2.05, 4.69) is 57.0 Å². The molecule has 0 fully saturated rings. The monoisotopic (exact) mass is 296 g/mol. The zero-order valence-corrected chi connectivity index (χ0v) is 14.2. The summed E-state index contributed by atoms with van der Waals surface area (Å²) in [6, 6.07) is 9.76. The lowest BCUT2D eigenvalue weighted by Gasteiger charge is -2.31. The molecule has 0 bridgehead atoms. The van der Waals surface area contributed by atoms with E-state index in [1.807, 2.05) is 12.1 Å². The maximum atomic E-state index is 5.95. The van der Waals surface area contributed by atoms with Crippen LogP contribution < -0.4 is 5.32 Å². The van der Waals surface area contributed by atoms with Crippen LogP contribution in [0.3, 0.4) is 0 Å². The van der Waals surface area contributed by atoms with Crippen molar-refractivity contribution in [3.63, 3.8) is 0 Å². The molecule has 0 aromatic heterocycles. The number of hydrogen-bond acceptors (Lipinski definition) is 2. The van der Waals surface area contributed by atoms with Crippen LogP contribution in [-0.4, -0.2) is 30.1 Å². The lowest BCUT2D eigenvalue weighted by molar-refractivity contribution is 0.173. The largest absolute Gasteiger partial charge is 0.309 e. The number of nitrogens with zero attached hydrogens (tertiary/aromatic N) is 1. The number of nitrogens with one attached hydrogen (secondary N) is 1. The number of halogens is 1. The summed E-state index contributed by atoms with van der Waals surface area (Å²) in [5.41, 5.74) is 1.32. The first-order chi connectivity index (χ1) is 9.45. The number of hydrogen-bond donors (Lipinski definition) is 1. The van der Waals surface area contributed by atoms with E-state index in [1.54, 1.807) is 0 Å². The average Bonchev–Trinajstić information content (AvgIpc) is 2.39. The molecule has 0 saturated carbocycles. The van der Waals surface area contributed by atoms with Crippen molar-refractivity contribution in [1.82, 2.24) is 10.2 Å². The minimum absolute atomic E-state index is 0.411. The molecule has 0 aliphatic heterocycles. The normalized spacial score (nSPS) is 13.4. The fourth-order valence-electron chi connectivity index (χ4n) is 2.67. The highest BCUT2D eigenvalue weighted by Crippen LogP contribution is 2.19. The van der Waals surface area contributed by atoms with Gasteiger partial charge in [-0.25, -0.2) is 0 Å². The predicted octanol–water partition coefficient (Wildman–Crippen LogP) is 4.50. The highest BCUT2D eigenvalue weighted by Gasteiger charge is 2.14. The summed E-state index contributed by atoms with van der Waals surface area (Å²) in [7, 11) is 0. The molecule has 0 radical (unpaired) electrons. The van der Waals surface area contributed by atoms with Gasteiger partial charge in [-0.3, -0.25) is 4.90 Å². The number of rotatable bonds is 8. The molecule has 0 aliphatic carbocycles. The van der Waals surface area contributed by atoms with Crippen molar-refractivity contribution < 1.29 is 0 Å². The molecule has 0 amide bonds. The Bertz CT molecular complexity index is 365. The van der Waals surface area contributed by atoms with E-state index in [9.17, 15) is 0 Å². The van der Waals surface area contributed by atoms with Gasteiger partial charge >= 0.3 is 0 Å². The van der Waals surface area contributed by atoms with Crippen LogP contribution in [0, 0.1) is 0 Å². The van der Waals surface area contributed by atoms with E-state index in [1.165, 1.54) is 5.56 Å². The van der Waals surface area contributed by atoms with Gasteiger partial charge in [-0.1, -0.05) is 30.7 Å². The summed E-state index contributed by atoms with van der Waals surface area (Å²) in [4.78, 5) is 2.52. The molecule has 0 heterocycles. The summed E-state index contributed by atoms with van der Waals surface area (Å²) >= 11 is 5.95. The summed E-state index contributed by atoms with van der Waals surface area (Å²) < 4.78 is 0. The molecule has 3 heteroatoms. The van der Waals surface area contributed by atoms with Gasteiger partial charge in [-0.15, -0.1) is 0 Å². The quantitative estimate of drug-likeness (QED) is 0.760. The Morgan fingerprint density at radius 2 is 1.60 bits per heavy atom. The summed E-state index contributed by atoms with van der Waals surface area (Å²) in [6.07, 6.45) is 1.09. The Morgan fingerprint density at radius 3 is 2.05 bits per heavy atom. The Morgan fingerprint density at radius 1 is 1.05 bits per heavy atom. The average molecular weight is 297 g/mol. The maximum absolute atomic E-state index is 5.95. The topological polar surface area (TPSA) is 15.3 Å². The summed E-state index contributed by atoms with van der Waals surface area (Å²) in [5, 5.41) is 4.46. The van der Waals surface area contributed by atoms with Crippen LogP contribution in [-0.2, 0) is 0 Å². The van der Waals surface area contributed by atoms with Gasteiger partial charge in [0.25, 0.3) is 0 Å². The van der Waals surface area contributed by atoms with Crippen molar-refractivity contribution in [2.45, 2.75) is 59.2 Å². The van der Waals surface area contributed by atoms with E-state index in [0.29, 0.717) is 18.1 Å². The summed E-state index contributed by atoms with van der Waals surface area (Å²) in [5.74, 6) is 0. The molecule has 1 atom stereocenters. The Balaban J connectivity index is 2.51. The van der Waals surface area contributed by atoms with Crippen molar-refractivity contribution >= 4 is 11.6 Å². The molecular weight excluding hydrogens is 268 g/mol. The molecule has 0 aliphatic rings. The fraction of sp³-hybridized carbons (Fsp3) is 0.647. The van der Waals surface area contributed by atoms with Gasteiger partial charge in [0.1, 0.15) is 0 Å². The SMILES string of the molecule is CCC(NCCN(C(C)C)C(C)C)c1ccc(Cl)cc1. The highest BCUT2D eigenvalue weighted by atomic mass is 35.5. The van der Waals surface area contributed by atoms with Gasteiger partial charge in [0.2, 0.25) is 0 Å². The lowest BCUT2D eigenvalue weighted by atomic mass is 10.0. The smallest absolute Gasteiger partial charge is 0.0406 e. The van der Waals surface area contributed by atoms with E-state index in [4.69, 9.17) is 11.6 Å². The van der Waals surface area contributed by atoms with E-state index >= 15 is 0 Å². The Hall–Kier alpha value is -0.570. The molecule has 20 heavy (non-hydrogen) atoms. The van der Waals surface area contributed by atoms with Crippen LogP contribution in [0.4, 0.5) is 0 Å². The molecule has 114 valence electrons. The van der Waals surface area contributed by atoms with Crippen LogP contribution in [0.2, 0.25) is 5.02 Å². The number of benzene rings is 1. The van der Waals surface area contributed by atoms with Gasteiger partial charge in [0.05, 0.1) is 0 Å². The molecule has 1 rings (SSSR count). The summed E-state index contributed by atoms with van der Waals surface area (Å²) in [6.45, 7) is 13.4. The van der Waals surface area contributed by atoms with Crippen LogP contribution in [0.15, 0.2) is 24.3 Å². The second-order valence-corrected chi connectivity index (χ2v) is 6.33. The molecule has 1 aromatic rings. The zero-order valence-electron chi connectivity index (χ0n) is 13.5. The van der Waals surface area contributed by atoms with Gasteiger partial charge in [-0.05, 0) is 51.8 Å². The van der Waals surface area contributed by atoms with Crippen molar-refractivity contribution in [2.75, 3.05) is 13.1 Å². The molecular formula is C17H29ClN2. The molecule has 2 nitrogen and oxygen atoms in total. The second kappa shape index (κ2) is 8.66. The third-order valence-corrected chi connectivity index (χ3v) is 4.02. The highest BCUT2D eigenvalue weighted by molar-refractivity contribution is 6.30. The standard InChI is InChI=1S/C17H29ClN2/c1-6-17(15-7-9-16(18)10-8-15)19-11-12-20(13(2)3)14(4)5/h7-10,13-14,17,19H,6,11-12H2,1-5H3. The van der Waals surface area contributed by atoms with E-state index in [0.717, 1.165) is 24.5 Å². The molecule has 0 spiro atoms. The molecule has 1 N–H and O–H groups in total. The Labute approximate surface area is 129 Å². The lowest BCUT2D eigenvalue weighted by Crippen LogP contribution is -2.42. The molecule has 0 saturated heterocycles. The van der Waals surface area contributed by atoms with Crippen LogP contribution >= 0.6 is 11.6 Å². The first kappa shape index (κ1) is 17.5. The minimum atomic E-state index is 0.411. The van der Waals surface area contributed by atoms with Gasteiger partial charge in [0.15, 0.2) is 0 Å².